The zero-order valence-electron chi connectivity index (χ0n) is 16.1. The van der Waals surface area contributed by atoms with E-state index in [4.69, 9.17) is 5.26 Å². The molecule has 0 atom stereocenters. The number of H-pyrrole nitrogens is 1. The molecule has 1 saturated heterocycles. The number of ether oxygens (including phenoxy) is 1. The maximum atomic E-state index is 9.60. The van der Waals surface area contributed by atoms with E-state index >= 15 is 0 Å². The lowest BCUT2D eigenvalue weighted by Crippen LogP contribution is -2.60. The minimum atomic E-state index is -0.318. The van der Waals surface area contributed by atoms with Crippen LogP contribution in [0, 0.1) is 11.3 Å². The van der Waals surface area contributed by atoms with E-state index in [1.54, 1.807) is 12.5 Å². The van der Waals surface area contributed by atoms with Crippen molar-refractivity contribution in [1.29, 1.82) is 5.26 Å². The molecule has 4 rings (SSSR count). The highest BCUT2D eigenvalue weighted by Crippen LogP contribution is 2.29. The van der Waals surface area contributed by atoms with Gasteiger partial charge >= 0.3 is 0 Å². The number of rotatable bonds is 4. The molecule has 3 aromatic rings. The molecule has 0 aromatic carbocycles. The minimum absolute atomic E-state index is 0.225. The Morgan fingerprint density at radius 1 is 1.39 bits per heavy atom. The Balaban J connectivity index is 0.000000279. The fourth-order valence-corrected chi connectivity index (χ4v) is 2.88. The second-order valence-corrected chi connectivity index (χ2v) is 7.63. The number of hydrogen-bond donors (Lipinski definition) is 2. The highest BCUT2D eigenvalue weighted by molar-refractivity contribution is 5.89. The number of nitriles is 1. The Labute approximate surface area is 162 Å². The molecule has 0 amide bonds. The second-order valence-electron chi connectivity index (χ2n) is 7.63. The quantitative estimate of drug-likeness (QED) is 0.663. The van der Waals surface area contributed by atoms with Gasteiger partial charge in [-0.25, -0.2) is 9.97 Å². The molecule has 3 aromatic heterocycles. The Morgan fingerprint density at radius 3 is 2.75 bits per heavy atom. The topological polar surface area (TPSA) is 122 Å². The summed E-state index contributed by atoms with van der Waals surface area (Å²) in [5, 5.41) is 17.7. The van der Waals surface area contributed by atoms with Crippen molar-refractivity contribution >= 4 is 17.5 Å². The Bertz CT molecular complexity index is 990. The van der Waals surface area contributed by atoms with Crippen molar-refractivity contribution in [2.45, 2.75) is 38.3 Å². The molecular weight excluding hydrogens is 358 g/mol. The predicted octanol–water partition coefficient (Wildman–Crippen LogP) is 1.99. The maximum Gasteiger partial charge on any atom is 0.293 e. The Morgan fingerprint density at radius 2 is 2.18 bits per heavy atom. The number of fused-ring (bicyclic) bond motifs is 1. The number of nitrogens with one attached hydrogen (secondary N) is 2. The Hall–Kier alpha value is -3.25. The van der Waals surface area contributed by atoms with Gasteiger partial charge in [-0.2, -0.15) is 10.4 Å². The summed E-state index contributed by atoms with van der Waals surface area (Å²) in [6.45, 7) is 7.46. The van der Waals surface area contributed by atoms with Crippen LogP contribution in [0.15, 0.2) is 31.0 Å². The molecular formula is C19H23N7O2. The van der Waals surface area contributed by atoms with Crippen LogP contribution in [0.2, 0.25) is 0 Å². The third-order valence-corrected chi connectivity index (χ3v) is 4.41. The summed E-state index contributed by atoms with van der Waals surface area (Å²) in [6, 6.07) is 4.21. The summed E-state index contributed by atoms with van der Waals surface area (Å²) in [5.41, 5.74) is 2.06. The molecule has 0 spiro atoms. The first-order valence-electron chi connectivity index (χ1n) is 8.91. The third-order valence-electron chi connectivity index (χ3n) is 4.41. The molecule has 1 aliphatic heterocycles. The highest BCUT2D eigenvalue weighted by atomic mass is 16.5. The number of aromatic nitrogens is 5. The molecule has 0 unspecified atom stereocenters. The van der Waals surface area contributed by atoms with Crippen molar-refractivity contribution in [3.05, 3.63) is 31.0 Å². The molecule has 146 valence electrons. The molecule has 0 saturated carbocycles. The van der Waals surface area contributed by atoms with Crippen LogP contribution in [0.1, 0.15) is 27.2 Å². The van der Waals surface area contributed by atoms with Crippen molar-refractivity contribution in [3.8, 4) is 17.3 Å². The van der Waals surface area contributed by atoms with Gasteiger partial charge in [0.25, 0.3) is 6.47 Å². The first-order chi connectivity index (χ1) is 13.4. The maximum absolute atomic E-state index is 9.60. The molecule has 0 aliphatic carbocycles. The van der Waals surface area contributed by atoms with Gasteiger partial charge in [0, 0.05) is 36.4 Å². The lowest BCUT2D eigenvalue weighted by molar-refractivity contribution is -0.138. The molecule has 1 fully saturated rings. The van der Waals surface area contributed by atoms with Gasteiger partial charge in [-0.1, -0.05) is 0 Å². The van der Waals surface area contributed by atoms with Crippen LogP contribution in [0.3, 0.4) is 0 Å². The second kappa shape index (κ2) is 7.78. The summed E-state index contributed by atoms with van der Waals surface area (Å²) in [4.78, 5) is 21.2. The van der Waals surface area contributed by atoms with E-state index in [0.29, 0.717) is 12.9 Å². The summed E-state index contributed by atoms with van der Waals surface area (Å²) in [5.74, 6) is 0. The van der Waals surface area contributed by atoms with E-state index in [9.17, 15) is 4.79 Å². The number of nitrogens with zero attached hydrogens (tertiary/aromatic N) is 5. The lowest BCUT2D eigenvalue weighted by Gasteiger charge is -2.41. The summed E-state index contributed by atoms with van der Waals surface area (Å²) >= 11 is 0. The van der Waals surface area contributed by atoms with E-state index < -0.39 is 0 Å². The number of carbonyl (C=O) groups excluding carboxylic acids is 1. The van der Waals surface area contributed by atoms with E-state index in [0.717, 1.165) is 35.4 Å². The smallest absolute Gasteiger partial charge is 0.293 e. The van der Waals surface area contributed by atoms with Crippen molar-refractivity contribution in [2.75, 3.05) is 13.1 Å². The molecule has 0 radical (unpaired) electrons. The summed E-state index contributed by atoms with van der Waals surface area (Å²) in [7, 11) is 0. The van der Waals surface area contributed by atoms with E-state index in [1.807, 2.05) is 43.9 Å². The monoisotopic (exact) mass is 381 g/mol. The van der Waals surface area contributed by atoms with Gasteiger partial charge in [0.15, 0.2) is 0 Å². The average Bonchev–Trinajstić information content (AvgIpc) is 3.26. The first-order valence-corrected chi connectivity index (χ1v) is 8.91. The lowest BCUT2D eigenvalue weighted by atomic mass is 9.89. The van der Waals surface area contributed by atoms with Crippen molar-refractivity contribution < 1.29 is 9.53 Å². The molecule has 9 nitrogen and oxygen atoms in total. The van der Waals surface area contributed by atoms with Gasteiger partial charge in [0.05, 0.1) is 24.4 Å². The number of aromatic amines is 1. The van der Waals surface area contributed by atoms with Crippen LogP contribution in [-0.2, 0) is 15.1 Å². The summed E-state index contributed by atoms with van der Waals surface area (Å²) in [6.07, 6.45) is 7.60. The molecule has 4 heterocycles. The van der Waals surface area contributed by atoms with Crippen LogP contribution >= 0.6 is 0 Å². The SMILES string of the molecule is CC(C)(C)OC=O.N#CCC1(n2cc(-c3ncnc4[nH]ccc34)cn2)CNC1. The number of hydrogen-bond acceptors (Lipinski definition) is 7. The van der Waals surface area contributed by atoms with Crippen LogP contribution in [0.4, 0.5) is 0 Å². The first kappa shape index (κ1) is 19.5. The standard InChI is InChI=1S/C14H13N7.C5H10O2/c15-3-2-14(7-16-8-14)21-6-10(5-20-21)12-11-1-4-17-13(11)19-9-18-12;1-5(2,3)7-4-6/h1,4-6,9,16H,2,7-8H2,(H,17,18,19);4H,1-3H3. The van der Waals surface area contributed by atoms with Gasteiger partial charge in [0.2, 0.25) is 0 Å². The van der Waals surface area contributed by atoms with Crippen molar-refractivity contribution in [3.63, 3.8) is 0 Å². The van der Waals surface area contributed by atoms with Gasteiger partial charge in [0.1, 0.15) is 23.1 Å². The predicted molar refractivity (Wildman–Crippen MR) is 103 cm³/mol. The average molecular weight is 381 g/mol. The molecule has 28 heavy (non-hydrogen) atoms. The fourth-order valence-electron chi connectivity index (χ4n) is 2.88. The van der Waals surface area contributed by atoms with Gasteiger partial charge < -0.3 is 15.0 Å². The van der Waals surface area contributed by atoms with E-state index in [-0.39, 0.29) is 11.1 Å². The zero-order valence-corrected chi connectivity index (χ0v) is 16.1. The molecule has 1 aliphatic rings. The third kappa shape index (κ3) is 4.02. The van der Waals surface area contributed by atoms with Crippen LogP contribution < -0.4 is 5.32 Å². The Kier molecular flexibility index (Phi) is 5.42. The van der Waals surface area contributed by atoms with Crippen LogP contribution in [0.25, 0.3) is 22.3 Å². The normalized spacial score (nSPS) is 15.1. The minimum Gasteiger partial charge on any atom is -0.462 e. The van der Waals surface area contributed by atoms with E-state index in [2.05, 4.69) is 36.2 Å². The fraction of sp³-hybridized carbons (Fsp3) is 0.421. The number of carbonyl (C=O) groups is 1. The van der Waals surface area contributed by atoms with Crippen molar-refractivity contribution in [1.82, 2.24) is 30.0 Å². The van der Waals surface area contributed by atoms with E-state index in [1.165, 1.54) is 0 Å². The zero-order chi connectivity index (χ0) is 20.2. The van der Waals surface area contributed by atoms with Crippen LogP contribution in [0.5, 0.6) is 0 Å². The van der Waals surface area contributed by atoms with Gasteiger partial charge in [-0.3, -0.25) is 9.48 Å². The van der Waals surface area contributed by atoms with Crippen LogP contribution in [-0.4, -0.2) is 49.9 Å². The molecule has 9 heteroatoms. The highest BCUT2D eigenvalue weighted by Gasteiger charge is 2.39. The van der Waals surface area contributed by atoms with Crippen molar-refractivity contribution in [2.24, 2.45) is 0 Å². The van der Waals surface area contributed by atoms with Gasteiger partial charge in [-0.15, -0.1) is 0 Å². The largest absolute Gasteiger partial charge is 0.462 e. The summed E-state index contributed by atoms with van der Waals surface area (Å²) < 4.78 is 6.44. The molecule has 0 bridgehead atoms. The molecule has 2 N–H and O–H groups in total. The van der Waals surface area contributed by atoms with Gasteiger partial charge in [-0.05, 0) is 26.8 Å².